The van der Waals surface area contributed by atoms with Gasteiger partial charge in [0.1, 0.15) is 0 Å². The lowest BCUT2D eigenvalue weighted by Crippen LogP contribution is -1.80. The van der Waals surface area contributed by atoms with Gasteiger partial charge in [0.2, 0.25) is 0 Å². The van der Waals surface area contributed by atoms with Gasteiger partial charge in [-0.25, -0.2) is 0 Å². The van der Waals surface area contributed by atoms with Gasteiger partial charge in [-0.15, -0.1) is 12.3 Å². The summed E-state index contributed by atoms with van der Waals surface area (Å²) in [5, 5.41) is 0. The third-order valence-corrected chi connectivity index (χ3v) is 2.47. The third kappa shape index (κ3) is 6.48. The van der Waals surface area contributed by atoms with Crippen LogP contribution in [0.25, 0.3) is 11.1 Å². The standard InChI is InChI=1S/C14H14.C3H4.C2H6/c1-2-12-8-10-14(11-9-12)13-6-4-3-5-7-13;1-3-2;1-2/h3-11H,2H2,1H3;1H,2H3;1-2H3. The molecule has 0 bridgehead atoms. The second kappa shape index (κ2) is 11.1. The zero-order chi connectivity index (χ0) is 14.5. The van der Waals surface area contributed by atoms with Crippen LogP contribution in [0.1, 0.15) is 33.3 Å². The van der Waals surface area contributed by atoms with E-state index in [0.717, 1.165) is 6.42 Å². The van der Waals surface area contributed by atoms with E-state index in [1.165, 1.54) is 16.7 Å². The molecule has 0 heterocycles. The van der Waals surface area contributed by atoms with Crippen LogP contribution in [0.3, 0.4) is 0 Å². The minimum Gasteiger partial charge on any atom is -0.120 e. The first kappa shape index (κ1) is 17.0. The molecule has 0 atom stereocenters. The van der Waals surface area contributed by atoms with Crippen molar-refractivity contribution in [1.82, 2.24) is 0 Å². The number of benzene rings is 2. The van der Waals surface area contributed by atoms with E-state index in [1.54, 1.807) is 6.92 Å². The van der Waals surface area contributed by atoms with E-state index in [0.29, 0.717) is 0 Å². The first-order chi connectivity index (χ1) is 9.31. The van der Waals surface area contributed by atoms with Gasteiger partial charge in [-0.05, 0) is 30.0 Å². The quantitative estimate of drug-likeness (QED) is 0.612. The molecule has 0 aliphatic heterocycles. The van der Waals surface area contributed by atoms with Crippen LogP contribution in [0.4, 0.5) is 0 Å². The summed E-state index contributed by atoms with van der Waals surface area (Å²) in [5.41, 5.74) is 3.97. The molecule has 0 aliphatic carbocycles. The van der Waals surface area contributed by atoms with Crippen LogP contribution >= 0.6 is 0 Å². The number of aryl methyl sites for hydroxylation is 1. The van der Waals surface area contributed by atoms with Gasteiger partial charge in [0, 0.05) is 0 Å². The topological polar surface area (TPSA) is 0 Å². The van der Waals surface area contributed by atoms with Crippen molar-refractivity contribution < 1.29 is 0 Å². The molecule has 0 aromatic heterocycles. The molecule has 2 rings (SSSR count). The minimum absolute atomic E-state index is 1.11. The second-order valence-corrected chi connectivity index (χ2v) is 3.71. The molecular weight excluding hydrogens is 228 g/mol. The van der Waals surface area contributed by atoms with Crippen molar-refractivity contribution in [3.63, 3.8) is 0 Å². The summed E-state index contributed by atoms with van der Waals surface area (Å²) in [5.74, 6) is 2.25. The lowest BCUT2D eigenvalue weighted by Gasteiger charge is -2.02. The fourth-order valence-corrected chi connectivity index (χ4v) is 1.56. The number of terminal acetylenes is 1. The Labute approximate surface area is 118 Å². The number of rotatable bonds is 2. The van der Waals surface area contributed by atoms with Gasteiger partial charge in [0.15, 0.2) is 0 Å². The zero-order valence-corrected chi connectivity index (χ0v) is 12.5. The van der Waals surface area contributed by atoms with E-state index >= 15 is 0 Å². The lowest BCUT2D eigenvalue weighted by atomic mass is 10.0. The Balaban J connectivity index is 0.000000573. The van der Waals surface area contributed by atoms with Crippen molar-refractivity contribution in [3.05, 3.63) is 60.2 Å². The Hall–Kier alpha value is -2.00. The fourth-order valence-electron chi connectivity index (χ4n) is 1.56. The van der Waals surface area contributed by atoms with Crippen molar-refractivity contribution in [3.8, 4) is 23.5 Å². The van der Waals surface area contributed by atoms with Gasteiger partial charge < -0.3 is 0 Å². The SMILES string of the molecule is C#CC.CC.CCc1ccc(-c2ccccc2)cc1. The Morgan fingerprint density at radius 2 is 1.26 bits per heavy atom. The lowest BCUT2D eigenvalue weighted by molar-refractivity contribution is 1.14. The summed E-state index contributed by atoms with van der Waals surface area (Å²) in [6.07, 6.45) is 5.70. The summed E-state index contributed by atoms with van der Waals surface area (Å²) in [7, 11) is 0. The normalized spacial score (nSPS) is 8.16. The second-order valence-electron chi connectivity index (χ2n) is 3.71. The van der Waals surface area contributed by atoms with E-state index in [4.69, 9.17) is 0 Å². The van der Waals surface area contributed by atoms with Gasteiger partial charge in [0.05, 0.1) is 0 Å². The fraction of sp³-hybridized carbons (Fsp3) is 0.263. The molecule has 0 nitrogen and oxygen atoms in total. The maximum Gasteiger partial charge on any atom is -0.00297 e. The molecule has 0 fully saturated rings. The number of hydrogen-bond donors (Lipinski definition) is 0. The number of hydrogen-bond acceptors (Lipinski definition) is 0. The molecule has 2 aromatic carbocycles. The van der Waals surface area contributed by atoms with E-state index < -0.39 is 0 Å². The maximum absolute atomic E-state index is 4.60. The molecule has 0 amide bonds. The Bertz CT molecular complexity index is 458. The van der Waals surface area contributed by atoms with E-state index in [2.05, 4.69) is 67.8 Å². The smallest absolute Gasteiger partial charge is 0.00297 e. The van der Waals surface area contributed by atoms with Crippen molar-refractivity contribution in [2.24, 2.45) is 0 Å². The molecule has 0 saturated carbocycles. The van der Waals surface area contributed by atoms with Crippen molar-refractivity contribution in [2.75, 3.05) is 0 Å². The average Bonchev–Trinajstić information content (AvgIpc) is 2.51. The Morgan fingerprint density at radius 1 is 0.842 bits per heavy atom. The predicted octanol–water partition coefficient (Wildman–Crippen LogP) is 5.58. The summed E-state index contributed by atoms with van der Waals surface area (Å²) in [4.78, 5) is 0. The largest absolute Gasteiger partial charge is 0.120 e. The minimum atomic E-state index is 1.11. The van der Waals surface area contributed by atoms with Crippen LogP contribution < -0.4 is 0 Å². The van der Waals surface area contributed by atoms with Gasteiger partial charge in [-0.2, -0.15) is 0 Å². The molecule has 0 radical (unpaired) electrons. The van der Waals surface area contributed by atoms with Crippen LogP contribution in [-0.4, -0.2) is 0 Å². The van der Waals surface area contributed by atoms with Gasteiger partial charge in [-0.3, -0.25) is 0 Å². The highest BCUT2D eigenvalue weighted by Gasteiger charge is 1.95. The average molecular weight is 252 g/mol. The predicted molar refractivity (Wildman–Crippen MR) is 87.1 cm³/mol. The molecule has 2 aromatic rings. The summed E-state index contributed by atoms with van der Waals surface area (Å²) >= 11 is 0. The zero-order valence-electron chi connectivity index (χ0n) is 12.5. The highest BCUT2D eigenvalue weighted by atomic mass is 14.0. The summed E-state index contributed by atoms with van der Waals surface area (Å²) < 4.78 is 0. The monoisotopic (exact) mass is 252 g/mol. The van der Waals surface area contributed by atoms with Gasteiger partial charge in [0.25, 0.3) is 0 Å². The molecule has 0 N–H and O–H groups in total. The molecule has 0 spiro atoms. The Kier molecular flexibility index (Phi) is 9.94. The first-order valence-electron chi connectivity index (χ1n) is 6.83. The van der Waals surface area contributed by atoms with Crippen molar-refractivity contribution in [1.29, 1.82) is 0 Å². The van der Waals surface area contributed by atoms with Crippen LogP contribution in [-0.2, 0) is 6.42 Å². The van der Waals surface area contributed by atoms with Crippen LogP contribution in [0.15, 0.2) is 54.6 Å². The molecular formula is C19H24. The van der Waals surface area contributed by atoms with Crippen molar-refractivity contribution in [2.45, 2.75) is 34.1 Å². The first-order valence-corrected chi connectivity index (χ1v) is 6.83. The highest BCUT2D eigenvalue weighted by Crippen LogP contribution is 2.19. The van der Waals surface area contributed by atoms with E-state index in [9.17, 15) is 0 Å². The van der Waals surface area contributed by atoms with E-state index in [1.807, 2.05) is 19.9 Å². The van der Waals surface area contributed by atoms with Gasteiger partial charge in [-0.1, -0.05) is 75.4 Å². The maximum atomic E-state index is 4.60. The molecule has 0 saturated heterocycles. The van der Waals surface area contributed by atoms with E-state index in [-0.39, 0.29) is 0 Å². The highest BCUT2D eigenvalue weighted by molar-refractivity contribution is 5.63. The molecule has 0 unspecified atom stereocenters. The van der Waals surface area contributed by atoms with Crippen LogP contribution in [0.5, 0.6) is 0 Å². The van der Waals surface area contributed by atoms with Crippen LogP contribution in [0, 0.1) is 12.3 Å². The molecule has 19 heavy (non-hydrogen) atoms. The molecule has 0 heteroatoms. The summed E-state index contributed by atoms with van der Waals surface area (Å²) in [6, 6.07) is 19.2. The summed E-state index contributed by atoms with van der Waals surface area (Å²) in [6.45, 7) is 7.83. The van der Waals surface area contributed by atoms with Crippen LogP contribution in [0.2, 0.25) is 0 Å². The Morgan fingerprint density at radius 3 is 1.68 bits per heavy atom. The van der Waals surface area contributed by atoms with Gasteiger partial charge >= 0.3 is 0 Å². The molecule has 0 aliphatic rings. The third-order valence-electron chi connectivity index (χ3n) is 2.47. The molecule has 100 valence electrons. The van der Waals surface area contributed by atoms with Crippen molar-refractivity contribution >= 4 is 0 Å².